The van der Waals surface area contributed by atoms with Crippen LogP contribution in [0, 0.1) is 0 Å². The maximum absolute atomic E-state index is 13.1. The fourth-order valence-electron chi connectivity index (χ4n) is 2.52. The number of halogens is 2. The zero-order valence-corrected chi connectivity index (χ0v) is 15.9. The summed E-state index contributed by atoms with van der Waals surface area (Å²) in [5, 5.41) is 1.89. The van der Waals surface area contributed by atoms with Gasteiger partial charge >= 0.3 is 0 Å². The third-order valence-electron chi connectivity index (χ3n) is 3.66. The maximum Gasteiger partial charge on any atom is 0.264 e. The van der Waals surface area contributed by atoms with E-state index in [2.05, 4.69) is 0 Å². The van der Waals surface area contributed by atoms with Crippen LogP contribution < -0.4 is 4.31 Å². The number of hydrogen-bond donors (Lipinski definition) is 0. The van der Waals surface area contributed by atoms with Gasteiger partial charge in [0.05, 0.1) is 22.4 Å². The normalized spacial score (nSPS) is 19.0. The molecule has 1 aliphatic heterocycles. The summed E-state index contributed by atoms with van der Waals surface area (Å²) in [6.45, 7) is 0. The number of sulfone groups is 1. The summed E-state index contributed by atoms with van der Waals surface area (Å²) in [5.41, 5.74) is 0.325. The lowest BCUT2D eigenvalue weighted by atomic mass is 10.2. The van der Waals surface area contributed by atoms with Crippen molar-refractivity contribution in [3.05, 3.63) is 70.1 Å². The van der Waals surface area contributed by atoms with Gasteiger partial charge in [0.25, 0.3) is 10.0 Å². The molecule has 1 atom stereocenters. The van der Waals surface area contributed by atoms with E-state index in [4.69, 9.17) is 23.2 Å². The highest BCUT2D eigenvalue weighted by Crippen LogP contribution is 2.30. The zero-order valence-electron chi connectivity index (χ0n) is 12.7. The minimum atomic E-state index is -4.00. The quantitative estimate of drug-likeness (QED) is 0.762. The molecular formula is C16H13Cl2NO4S2. The average Bonchev–Trinajstić information content (AvgIpc) is 2.89. The Hall–Kier alpha value is -1.54. The Kier molecular flexibility index (Phi) is 4.85. The van der Waals surface area contributed by atoms with Gasteiger partial charge in [-0.3, -0.25) is 4.31 Å². The van der Waals surface area contributed by atoms with Gasteiger partial charge < -0.3 is 0 Å². The van der Waals surface area contributed by atoms with E-state index in [0.717, 1.165) is 9.71 Å². The van der Waals surface area contributed by atoms with Crippen LogP contribution in [0.2, 0.25) is 10.0 Å². The van der Waals surface area contributed by atoms with Gasteiger partial charge in [-0.05, 0) is 54.6 Å². The number of sulfonamides is 1. The molecule has 2 aromatic carbocycles. The first-order valence-electron chi connectivity index (χ1n) is 7.16. The Morgan fingerprint density at radius 1 is 0.920 bits per heavy atom. The summed E-state index contributed by atoms with van der Waals surface area (Å²) in [6.07, 6.45) is 1.37. The van der Waals surface area contributed by atoms with Crippen LogP contribution in [0.15, 0.2) is 64.9 Å². The lowest BCUT2D eigenvalue weighted by Crippen LogP contribution is -2.41. The number of benzene rings is 2. The highest BCUT2D eigenvalue weighted by molar-refractivity contribution is 7.95. The molecule has 132 valence electrons. The van der Waals surface area contributed by atoms with E-state index in [-0.39, 0.29) is 10.6 Å². The van der Waals surface area contributed by atoms with Crippen molar-refractivity contribution in [2.75, 3.05) is 10.1 Å². The Morgan fingerprint density at radius 3 is 1.92 bits per heavy atom. The van der Waals surface area contributed by atoms with Crippen LogP contribution >= 0.6 is 23.2 Å². The van der Waals surface area contributed by atoms with Crippen molar-refractivity contribution < 1.29 is 16.8 Å². The van der Waals surface area contributed by atoms with E-state index in [1.807, 2.05) is 0 Å². The molecule has 0 saturated heterocycles. The van der Waals surface area contributed by atoms with Crippen molar-refractivity contribution >= 4 is 48.7 Å². The molecule has 0 saturated carbocycles. The highest BCUT2D eigenvalue weighted by atomic mass is 35.5. The third-order valence-corrected chi connectivity index (χ3v) is 7.41. The van der Waals surface area contributed by atoms with Crippen LogP contribution in [0.3, 0.4) is 0 Å². The molecule has 1 aliphatic rings. The first kappa shape index (κ1) is 18.3. The molecule has 1 unspecified atom stereocenters. The third kappa shape index (κ3) is 3.84. The van der Waals surface area contributed by atoms with Gasteiger partial charge in [0.2, 0.25) is 0 Å². The van der Waals surface area contributed by atoms with Gasteiger partial charge in [-0.25, -0.2) is 16.8 Å². The standard InChI is InChI=1S/C16H13Cl2NO4S2/c17-12-1-5-14(6-2-12)19(15-9-10-24(20,21)11-15)25(22,23)16-7-3-13(18)4-8-16/h1-10,15H,11H2. The molecule has 1 heterocycles. The summed E-state index contributed by atoms with van der Waals surface area (Å²) < 4.78 is 51.0. The zero-order chi connectivity index (χ0) is 18.2. The van der Waals surface area contributed by atoms with E-state index in [1.165, 1.54) is 42.5 Å². The summed E-state index contributed by atoms with van der Waals surface area (Å²) in [4.78, 5) is 0.0181. The lowest BCUT2D eigenvalue weighted by Gasteiger charge is -2.29. The van der Waals surface area contributed by atoms with Gasteiger partial charge in [0, 0.05) is 15.5 Å². The van der Waals surface area contributed by atoms with E-state index < -0.39 is 25.9 Å². The van der Waals surface area contributed by atoms with E-state index in [9.17, 15) is 16.8 Å². The number of nitrogens with zero attached hydrogens (tertiary/aromatic N) is 1. The molecule has 0 fully saturated rings. The molecule has 0 spiro atoms. The smallest absolute Gasteiger partial charge is 0.258 e. The summed E-state index contributed by atoms with van der Waals surface area (Å²) >= 11 is 11.7. The predicted octanol–water partition coefficient (Wildman–Crippen LogP) is 3.50. The van der Waals surface area contributed by atoms with Crippen molar-refractivity contribution in [1.29, 1.82) is 0 Å². The Bertz CT molecular complexity index is 1010. The van der Waals surface area contributed by atoms with E-state index >= 15 is 0 Å². The number of hydrogen-bond acceptors (Lipinski definition) is 4. The van der Waals surface area contributed by atoms with Crippen molar-refractivity contribution in [3.8, 4) is 0 Å². The first-order chi connectivity index (χ1) is 11.7. The van der Waals surface area contributed by atoms with Crippen molar-refractivity contribution in [3.63, 3.8) is 0 Å². The Morgan fingerprint density at radius 2 is 1.44 bits per heavy atom. The fourth-order valence-corrected chi connectivity index (χ4v) is 5.74. The monoisotopic (exact) mass is 417 g/mol. The molecule has 0 radical (unpaired) electrons. The van der Waals surface area contributed by atoms with Crippen LogP contribution in [0.4, 0.5) is 5.69 Å². The number of anilines is 1. The maximum atomic E-state index is 13.1. The Balaban J connectivity index is 2.12. The molecular weight excluding hydrogens is 405 g/mol. The second kappa shape index (κ2) is 6.64. The topological polar surface area (TPSA) is 71.5 Å². The first-order valence-corrected chi connectivity index (χ1v) is 11.1. The van der Waals surface area contributed by atoms with Crippen molar-refractivity contribution in [2.45, 2.75) is 10.9 Å². The highest BCUT2D eigenvalue weighted by Gasteiger charge is 2.35. The van der Waals surface area contributed by atoms with Gasteiger partial charge in [-0.1, -0.05) is 23.2 Å². The van der Waals surface area contributed by atoms with Gasteiger partial charge in [0.15, 0.2) is 9.84 Å². The van der Waals surface area contributed by atoms with Crippen molar-refractivity contribution in [1.82, 2.24) is 0 Å². The Labute approximate surface area is 156 Å². The van der Waals surface area contributed by atoms with Crippen LogP contribution in [-0.2, 0) is 19.9 Å². The molecule has 0 amide bonds. The molecule has 0 aliphatic carbocycles. The second-order valence-corrected chi connectivity index (χ2v) is 10.1. The predicted molar refractivity (Wildman–Crippen MR) is 99.3 cm³/mol. The molecule has 25 heavy (non-hydrogen) atoms. The molecule has 0 bridgehead atoms. The van der Waals surface area contributed by atoms with Gasteiger partial charge in [0.1, 0.15) is 0 Å². The molecule has 0 aromatic heterocycles. The van der Waals surface area contributed by atoms with Crippen molar-refractivity contribution in [2.24, 2.45) is 0 Å². The second-order valence-electron chi connectivity index (χ2n) is 5.46. The molecule has 9 heteroatoms. The average molecular weight is 418 g/mol. The van der Waals surface area contributed by atoms with Crippen LogP contribution in [0.25, 0.3) is 0 Å². The van der Waals surface area contributed by atoms with E-state index in [0.29, 0.717) is 15.7 Å². The number of rotatable bonds is 4. The molecule has 2 aromatic rings. The molecule has 3 rings (SSSR count). The SMILES string of the molecule is O=S1(=O)C=CC(N(c2ccc(Cl)cc2)S(=O)(=O)c2ccc(Cl)cc2)C1. The molecule has 5 nitrogen and oxygen atoms in total. The van der Waals surface area contributed by atoms with Crippen LogP contribution in [0.5, 0.6) is 0 Å². The minimum absolute atomic E-state index is 0.0181. The summed E-state index contributed by atoms with van der Waals surface area (Å²) in [6, 6.07) is 11.0. The fraction of sp³-hybridized carbons (Fsp3) is 0.125. The van der Waals surface area contributed by atoms with E-state index in [1.54, 1.807) is 12.1 Å². The van der Waals surface area contributed by atoms with Crippen LogP contribution in [-0.4, -0.2) is 28.6 Å². The molecule has 0 N–H and O–H groups in total. The van der Waals surface area contributed by atoms with Gasteiger partial charge in [-0.15, -0.1) is 0 Å². The van der Waals surface area contributed by atoms with Crippen LogP contribution in [0.1, 0.15) is 0 Å². The summed E-state index contributed by atoms with van der Waals surface area (Å²) in [5.74, 6) is -0.317. The summed E-state index contributed by atoms with van der Waals surface area (Å²) in [7, 11) is -7.44. The van der Waals surface area contributed by atoms with Gasteiger partial charge in [-0.2, -0.15) is 0 Å². The minimum Gasteiger partial charge on any atom is -0.258 e. The largest absolute Gasteiger partial charge is 0.264 e. The lowest BCUT2D eigenvalue weighted by molar-refractivity contribution is 0.586.